The molecule has 2 nitrogen and oxygen atoms in total. The summed E-state index contributed by atoms with van der Waals surface area (Å²) in [6.07, 6.45) is 5.27. The van der Waals surface area contributed by atoms with E-state index in [0.717, 1.165) is 6.54 Å². The molecule has 0 amide bonds. The van der Waals surface area contributed by atoms with Crippen LogP contribution < -0.4 is 5.32 Å². The standard InChI is InChI=1S/C15H26N2S/c1-3-16-9-5-4-6-10-17-11-7-15-14(13(17)2)8-12-18-15/h8,12-13,16H,3-7,9-11H2,1-2H3. The minimum absolute atomic E-state index is 0.633. The van der Waals surface area contributed by atoms with Crippen LogP contribution in [0.2, 0.25) is 0 Å². The Bertz CT molecular complexity index is 348. The van der Waals surface area contributed by atoms with Crippen molar-refractivity contribution < 1.29 is 0 Å². The Morgan fingerprint density at radius 1 is 1.39 bits per heavy atom. The zero-order valence-electron chi connectivity index (χ0n) is 11.7. The second kappa shape index (κ2) is 7.27. The summed E-state index contributed by atoms with van der Waals surface area (Å²) in [5.74, 6) is 0. The average molecular weight is 266 g/mol. The molecule has 1 aliphatic heterocycles. The van der Waals surface area contributed by atoms with Crippen molar-refractivity contribution in [1.82, 2.24) is 10.2 Å². The molecule has 1 atom stereocenters. The van der Waals surface area contributed by atoms with Gasteiger partial charge in [0.2, 0.25) is 0 Å². The van der Waals surface area contributed by atoms with Crippen molar-refractivity contribution in [2.75, 3.05) is 26.2 Å². The molecule has 3 heteroatoms. The lowest BCUT2D eigenvalue weighted by Gasteiger charge is -2.33. The van der Waals surface area contributed by atoms with Crippen molar-refractivity contribution in [3.8, 4) is 0 Å². The van der Waals surface area contributed by atoms with Crippen LogP contribution in [-0.4, -0.2) is 31.1 Å². The molecule has 1 unspecified atom stereocenters. The number of fused-ring (bicyclic) bond motifs is 1. The highest BCUT2D eigenvalue weighted by atomic mass is 32.1. The molecule has 1 N–H and O–H groups in total. The van der Waals surface area contributed by atoms with Gasteiger partial charge in [-0.05, 0) is 62.8 Å². The highest BCUT2D eigenvalue weighted by Gasteiger charge is 2.23. The third-order valence-corrected chi connectivity index (χ3v) is 4.95. The fraction of sp³-hybridized carbons (Fsp3) is 0.733. The molecule has 0 bridgehead atoms. The number of nitrogens with zero attached hydrogens (tertiary/aromatic N) is 1. The van der Waals surface area contributed by atoms with Crippen molar-refractivity contribution >= 4 is 11.3 Å². The summed E-state index contributed by atoms with van der Waals surface area (Å²) in [6.45, 7) is 9.34. The van der Waals surface area contributed by atoms with Crippen LogP contribution in [0.1, 0.15) is 49.6 Å². The predicted octanol–water partition coefficient (Wildman–Crippen LogP) is 3.45. The average Bonchev–Trinajstić information content (AvgIpc) is 2.85. The number of nitrogens with one attached hydrogen (secondary N) is 1. The van der Waals surface area contributed by atoms with Gasteiger partial charge in [-0.1, -0.05) is 13.3 Å². The molecule has 0 saturated carbocycles. The van der Waals surface area contributed by atoms with Crippen molar-refractivity contribution in [1.29, 1.82) is 0 Å². The summed E-state index contributed by atoms with van der Waals surface area (Å²) in [5, 5.41) is 5.64. The molecular formula is C15H26N2S. The first-order valence-electron chi connectivity index (χ1n) is 7.34. The topological polar surface area (TPSA) is 15.3 Å². The van der Waals surface area contributed by atoms with Gasteiger partial charge in [-0.2, -0.15) is 0 Å². The maximum atomic E-state index is 3.39. The molecule has 1 aromatic rings. The van der Waals surface area contributed by atoms with Gasteiger partial charge in [-0.3, -0.25) is 4.90 Å². The van der Waals surface area contributed by atoms with E-state index in [2.05, 4.69) is 35.5 Å². The molecular weight excluding hydrogens is 240 g/mol. The number of hydrogen-bond acceptors (Lipinski definition) is 3. The third-order valence-electron chi connectivity index (χ3n) is 3.95. The van der Waals surface area contributed by atoms with Crippen LogP contribution in [0.4, 0.5) is 0 Å². The molecule has 0 aliphatic carbocycles. The molecule has 0 saturated heterocycles. The second-order valence-electron chi connectivity index (χ2n) is 5.18. The molecule has 0 aromatic carbocycles. The normalized spacial score (nSPS) is 20.0. The van der Waals surface area contributed by atoms with Gasteiger partial charge in [0.25, 0.3) is 0 Å². The lowest BCUT2D eigenvalue weighted by molar-refractivity contribution is 0.196. The van der Waals surface area contributed by atoms with Crippen molar-refractivity contribution in [3.63, 3.8) is 0 Å². The molecule has 18 heavy (non-hydrogen) atoms. The van der Waals surface area contributed by atoms with E-state index in [-0.39, 0.29) is 0 Å². The second-order valence-corrected chi connectivity index (χ2v) is 6.18. The molecule has 0 fully saturated rings. The van der Waals surface area contributed by atoms with E-state index in [1.807, 2.05) is 11.3 Å². The van der Waals surface area contributed by atoms with E-state index < -0.39 is 0 Å². The molecule has 1 aromatic heterocycles. The monoisotopic (exact) mass is 266 g/mol. The quantitative estimate of drug-likeness (QED) is 0.761. The Morgan fingerprint density at radius 2 is 2.28 bits per heavy atom. The van der Waals surface area contributed by atoms with Crippen molar-refractivity contribution in [2.24, 2.45) is 0 Å². The summed E-state index contributed by atoms with van der Waals surface area (Å²) in [4.78, 5) is 4.27. The first-order valence-corrected chi connectivity index (χ1v) is 8.22. The lowest BCUT2D eigenvalue weighted by atomic mass is 10.0. The highest BCUT2D eigenvalue weighted by molar-refractivity contribution is 7.10. The van der Waals surface area contributed by atoms with E-state index in [1.165, 1.54) is 45.3 Å². The van der Waals surface area contributed by atoms with E-state index in [0.29, 0.717) is 6.04 Å². The molecule has 0 spiro atoms. The summed E-state index contributed by atoms with van der Waals surface area (Å²) in [5.41, 5.74) is 1.58. The van der Waals surface area contributed by atoms with E-state index in [1.54, 1.807) is 10.4 Å². The fourth-order valence-corrected chi connectivity index (χ4v) is 3.75. The number of unbranched alkanes of at least 4 members (excludes halogenated alkanes) is 2. The van der Waals surface area contributed by atoms with E-state index in [9.17, 15) is 0 Å². The van der Waals surface area contributed by atoms with E-state index in [4.69, 9.17) is 0 Å². The first kappa shape index (κ1) is 14.0. The Hall–Kier alpha value is -0.380. The summed E-state index contributed by atoms with van der Waals surface area (Å²) < 4.78 is 0. The van der Waals surface area contributed by atoms with Gasteiger partial charge in [0.1, 0.15) is 0 Å². The van der Waals surface area contributed by atoms with Crippen LogP contribution >= 0.6 is 11.3 Å². The van der Waals surface area contributed by atoms with Gasteiger partial charge in [-0.25, -0.2) is 0 Å². The maximum absolute atomic E-state index is 3.39. The van der Waals surface area contributed by atoms with Gasteiger partial charge < -0.3 is 5.32 Å². The summed E-state index contributed by atoms with van der Waals surface area (Å²) >= 11 is 1.93. The Kier molecular flexibility index (Phi) is 5.67. The Morgan fingerprint density at radius 3 is 3.11 bits per heavy atom. The molecule has 2 rings (SSSR count). The van der Waals surface area contributed by atoms with E-state index >= 15 is 0 Å². The minimum Gasteiger partial charge on any atom is -0.317 e. The highest BCUT2D eigenvalue weighted by Crippen LogP contribution is 2.32. The minimum atomic E-state index is 0.633. The van der Waals surface area contributed by atoms with Crippen LogP contribution in [0.3, 0.4) is 0 Å². The number of thiophene rings is 1. The summed E-state index contributed by atoms with van der Waals surface area (Å²) in [7, 11) is 0. The van der Waals surface area contributed by atoms with Crippen LogP contribution in [0.5, 0.6) is 0 Å². The number of hydrogen-bond donors (Lipinski definition) is 1. The van der Waals surface area contributed by atoms with Crippen LogP contribution in [-0.2, 0) is 6.42 Å². The van der Waals surface area contributed by atoms with Crippen molar-refractivity contribution in [3.05, 3.63) is 21.9 Å². The predicted molar refractivity (Wildman–Crippen MR) is 80.4 cm³/mol. The number of rotatable bonds is 7. The summed E-state index contributed by atoms with van der Waals surface area (Å²) in [6, 6.07) is 2.95. The van der Waals surface area contributed by atoms with Gasteiger partial charge in [0.15, 0.2) is 0 Å². The zero-order valence-corrected chi connectivity index (χ0v) is 12.6. The largest absolute Gasteiger partial charge is 0.317 e. The van der Waals surface area contributed by atoms with Gasteiger partial charge in [-0.15, -0.1) is 11.3 Å². The Balaban J connectivity index is 1.68. The smallest absolute Gasteiger partial charge is 0.0331 e. The Labute approximate surface area is 115 Å². The van der Waals surface area contributed by atoms with Crippen molar-refractivity contribution in [2.45, 2.75) is 45.6 Å². The van der Waals surface area contributed by atoms with Gasteiger partial charge >= 0.3 is 0 Å². The van der Waals surface area contributed by atoms with Crippen LogP contribution in [0.25, 0.3) is 0 Å². The fourth-order valence-electron chi connectivity index (χ4n) is 2.79. The first-order chi connectivity index (χ1) is 8.83. The molecule has 102 valence electrons. The van der Waals surface area contributed by atoms with Gasteiger partial charge in [0, 0.05) is 17.5 Å². The van der Waals surface area contributed by atoms with Crippen LogP contribution in [0.15, 0.2) is 11.4 Å². The molecule has 1 aliphatic rings. The third kappa shape index (κ3) is 3.56. The van der Waals surface area contributed by atoms with Gasteiger partial charge in [0.05, 0.1) is 0 Å². The lowest BCUT2D eigenvalue weighted by Crippen LogP contribution is -2.33. The molecule has 2 heterocycles. The maximum Gasteiger partial charge on any atom is 0.0331 e. The SMILES string of the molecule is CCNCCCCCN1CCc2sccc2C1C. The van der Waals surface area contributed by atoms with Crippen LogP contribution in [0, 0.1) is 0 Å². The molecule has 0 radical (unpaired) electrons. The zero-order chi connectivity index (χ0) is 12.8.